The van der Waals surface area contributed by atoms with Crippen molar-refractivity contribution in [1.82, 2.24) is 14.7 Å². The van der Waals surface area contributed by atoms with E-state index >= 15 is 0 Å². The fourth-order valence-corrected chi connectivity index (χ4v) is 1.96. The van der Waals surface area contributed by atoms with E-state index in [1.165, 1.54) is 10.9 Å². The number of nitrogens with zero attached hydrogens (tertiary/aromatic N) is 3. The van der Waals surface area contributed by atoms with Gasteiger partial charge in [0, 0.05) is 19.7 Å². The highest BCUT2D eigenvalue weighted by atomic mass is 19.1. The number of hydrogen-bond acceptors (Lipinski definition) is 3. The molecule has 0 aromatic carbocycles. The van der Waals surface area contributed by atoms with Crippen LogP contribution in [0.25, 0.3) is 0 Å². The maximum Gasteiger partial charge on any atom is 0.408 e. The summed E-state index contributed by atoms with van der Waals surface area (Å²) in [6.07, 6.45) is 0.306. The number of nitrogens with one attached hydrogen (secondary N) is 1. The third-order valence-corrected chi connectivity index (χ3v) is 2.77. The molecule has 1 aromatic rings. The first kappa shape index (κ1) is 12.3. The summed E-state index contributed by atoms with van der Waals surface area (Å²) < 4.78 is 14.7. The van der Waals surface area contributed by atoms with E-state index in [1.54, 1.807) is 13.2 Å². The maximum absolute atomic E-state index is 13.2. The van der Waals surface area contributed by atoms with Gasteiger partial charge in [0.05, 0.1) is 18.4 Å². The van der Waals surface area contributed by atoms with Gasteiger partial charge < -0.3 is 10.4 Å². The molecule has 1 saturated heterocycles. The van der Waals surface area contributed by atoms with Gasteiger partial charge in [0.2, 0.25) is 5.91 Å². The van der Waals surface area contributed by atoms with Crippen molar-refractivity contribution in [3.63, 3.8) is 0 Å². The number of carboxylic acid groups (broad SMARTS) is 1. The summed E-state index contributed by atoms with van der Waals surface area (Å²) in [5.41, 5.74) is 0.454. The molecular weight excluding hydrogens is 243 g/mol. The monoisotopic (exact) mass is 256 g/mol. The number of likely N-dealkylation sites (tertiary alicyclic amines) is 1. The highest BCUT2D eigenvalue weighted by molar-refractivity contribution is 5.96. The lowest BCUT2D eigenvalue weighted by Gasteiger charge is -2.19. The minimum atomic E-state index is -1.30. The van der Waals surface area contributed by atoms with Gasteiger partial charge in [-0.25, -0.2) is 9.18 Å². The highest BCUT2D eigenvalue weighted by Gasteiger charge is 2.39. The largest absolute Gasteiger partial charge is 0.465 e. The average molecular weight is 256 g/mol. The van der Waals surface area contributed by atoms with Crippen molar-refractivity contribution in [2.45, 2.75) is 18.6 Å². The quantitative estimate of drug-likeness (QED) is 0.804. The van der Waals surface area contributed by atoms with E-state index in [4.69, 9.17) is 5.11 Å². The van der Waals surface area contributed by atoms with E-state index in [2.05, 4.69) is 10.4 Å². The Labute approximate surface area is 102 Å². The van der Waals surface area contributed by atoms with Crippen LogP contribution in [0.15, 0.2) is 12.4 Å². The Morgan fingerprint density at radius 2 is 2.33 bits per heavy atom. The van der Waals surface area contributed by atoms with Crippen LogP contribution in [0.4, 0.5) is 14.9 Å². The van der Waals surface area contributed by atoms with Crippen LogP contribution in [0, 0.1) is 0 Å². The van der Waals surface area contributed by atoms with E-state index in [0.29, 0.717) is 5.69 Å². The summed E-state index contributed by atoms with van der Waals surface area (Å²) in [7, 11) is 1.69. The van der Waals surface area contributed by atoms with E-state index in [0.717, 1.165) is 4.90 Å². The van der Waals surface area contributed by atoms with Crippen LogP contribution in [-0.4, -0.2) is 50.5 Å². The van der Waals surface area contributed by atoms with Crippen molar-refractivity contribution in [3.05, 3.63) is 12.4 Å². The molecule has 8 heteroatoms. The smallest absolute Gasteiger partial charge is 0.408 e. The van der Waals surface area contributed by atoms with E-state index in [9.17, 15) is 14.0 Å². The Morgan fingerprint density at radius 1 is 1.61 bits per heavy atom. The second kappa shape index (κ2) is 4.63. The number of carbonyl (C=O) groups excluding carboxylic acids is 1. The summed E-state index contributed by atoms with van der Waals surface area (Å²) in [5, 5.41) is 15.3. The summed E-state index contributed by atoms with van der Waals surface area (Å²) in [6.45, 7) is -0.263. The molecule has 0 aliphatic carbocycles. The molecule has 98 valence electrons. The molecule has 1 aliphatic rings. The number of carbonyl (C=O) groups is 2. The van der Waals surface area contributed by atoms with Crippen molar-refractivity contribution >= 4 is 17.7 Å². The van der Waals surface area contributed by atoms with Crippen molar-refractivity contribution in [3.8, 4) is 0 Å². The van der Waals surface area contributed by atoms with Crippen molar-refractivity contribution in [2.24, 2.45) is 7.05 Å². The summed E-state index contributed by atoms with van der Waals surface area (Å²) >= 11 is 0. The first-order valence-electron chi connectivity index (χ1n) is 5.40. The van der Waals surface area contributed by atoms with Crippen LogP contribution < -0.4 is 5.32 Å². The third kappa shape index (κ3) is 2.41. The zero-order valence-electron chi connectivity index (χ0n) is 9.71. The lowest BCUT2D eigenvalue weighted by atomic mass is 10.2. The van der Waals surface area contributed by atoms with Gasteiger partial charge in [0.25, 0.3) is 0 Å². The van der Waals surface area contributed by atoms with Crippen LogP contribution in [0.5, 0.6) is 0 Å². The van der Waals surface area contributed by atoms with Gasteiger partial charge in [0.1, 0.15) is 12.2 Å². The fraction of sp³-hybridized carbons (Fsp3) is 0.500. The minimum absolute atomic E-state index is 0.113. The molecule has 1 fully saturated rings. The molecule has 18 heavy (non-hydrogen) atoms. The van der Waals surface area contributed by atoms with E-state index in [1.807, 2.05) is 0 Å². The zero-order chi connectivity index (χ0) is 13.3. The Balaban J connectivity index is 2.06. The van der Waals surface area contributed by atoms with Gasteiger partial charge in [0.15, 0.2) is 0 Å². The van der Waals surface area contributed by atoms with Crippen LogP contribution in [0.2, 0.25) is 0 Å². The maximum atomic E-state index is 13.2. The van der Waals surface area contributed by atoms with Crippen LogP contribution in [0.1, 0.15) is 6.42 Å². The van der Waals surface area contributed by atoms with Crippen LogP contribution in [-0.2, 0) is 11.8 Å². The molecule has 2 atom stereocenters. The molecule has 0 saturated carbocycles. The molecule has 0 unspecified atom stereocenters. The van der Waals surface area contributed by atoms with Crippen molar-refractivity contribution in [2.75, 3.05) is 11.9 Å². The summed E-state index contributed by atoms with van der Waals surface area (Å²) in [6, 6.07) is -0.988. The Kier molecular flexibility index (Phi) is 3.17. The molecule has 0 bridgehead atoms. The predicted octanol–water partition coefficient (Wildman–Crippen LogP) is 0.449. The molecule has 7 nitrogen and oxygen atoms in total. The number of amides is 2. The Bertz CT molecular complexity index is 475. The third-order valence-electron chi connectivity index (χ3n) is 2.77. The molecule has 2 N–H and O–H groups in total. The van der Waals surface area contributed by atoms with Crippen molar-refractivity contribution < 1.29 is 19.1 Å². The van der Waals surface area contributed by atoms with Gasteiger partial charge in [-0.05, 0) is 0 Å². The second-order valence-corrected chi connectivity index (χ2v) is 4.18. The van der Waals surface area contributed by atoms with Crippen molar-refractivity contribution in [1.29, 1.82) is 0 Å². The number of aryl methyl sites for hydroxylation is 1. The summed E-state index contributed by atoms with van der Waals surface area (Å²) in [5.74, 6) is -0.537. The van der Waals surface area contributed by atoms with Gasteiger partial charge in [-0.15, -0.1) is 0 Å². The average Bonchev–Trinajstić information content (AvgIpc) is 2.85. The second-order valence-electron chi connectivity index (χ2n) is 4.18. The SMILES string of the molecule is Cn1cc(NC(=O)[C@@H]2C[C@@H](F)CN2C(=O)O)cn1. The molecular formula is C10H13FN4O3. The molecule has 1 aliphatic heterocycles. The summed E-state index contributed by atoms with van der Waals surface area (Å²) in [4.78, 5) is 23.6. The lowest BCUT2D eigenvalue weighted by Crippen LogP contribution is -2.42. The van der Waals surface area contributed by atoms with Crippen LogP contribution in [0.3, 0.4) is 0 Å². The topological polar surface area (TPSA) is 87.5 Å². The number of hydrogen-bond donors (Lipinski definition) is 2. The van der Waals surface area contributed by atoms with E-state index < -0.39 is 24.2 Å². The first-order chi connectivity index (χ1) is 8.47. The molecule has 2 heterocycles. The number of alkyl halides is 1. The number of anilines is 1. The molecule has 2 rings (SSSR count). The fourth-order valence-electron chi connectivity index (χ4n) is 1.96. The lowest BCUT2D eigenvalue weighted by molar-refractivity contribution is -0.119. The molecule has 0 radical (unpaired) electrons. The Hall–Kier alpha value is -2.12. The molecule has 1 aromatic heterocycles. The van der Waals surface area contributed by atoms with Gasteiger partial charge in [-0.3, -0.25) is 14.4 Å². The van der Waals surface area contributed by atoms with E-state index in [-0.39, 0.29) is 13.0 Å². The highest BCUT2D eigenvalue weighted by Crippen LogP contribution is 2.21. The minimum Gasteiger partial charge on any atom is -0.465 e. The Morgan fingerprint density at radius 3 is 2.89 bits per heavy atom. The van der Waals surface area contributed by atoms with Crippen LogP contribution >= 0.6 is 0 Å². The normalized spacial score (nSPS) is 23.1. The predicted molar refractivity (Wildman–Crippen MR) is 59.9 cm³/mol. The molecule has 0 spiro atoms. The standard InChI is InChI=1S/C10H13FN4O3/c1-14-5-7(3-12-14)13-9(16)8-2-6(11)4-15(8)10(17)18/h3,5-6,8H,2,4H2,1H3,(H,13,16)(H,17,18)/t6-,8+/m1/s1. The molecule has 2 amide bonds. The van der Waals surface area contributed by atoms with Gasteiger partial charge in [-0.1, -0.05) is 0 Å². The number of aromatic nitrogens is 2. The zero-order valence-corrected chi connectivity index (χ0v) is 9.71. The van der Waals surface area contributed by atoms with Gasteiger partial charge >= 0.3 is 6.09 Å². The van der Waals surface area contributed by atoms with Gasteiger partial charge in [-0.2, -0.15) is 5.10 Å². The number of rotatable bonds is 2. The number of halogens is 1. The first-order valence-corrected chi connectivity index (χ1v) is 5.40.